The van der Waals surface area contributed by atoms with Crippen LogP contribution in [0.1, 0.15) is 33.9 Å². The van der Waals surface area contributed by atoms with Crippen LogP contribution in [-0.2, 0) is 22.6 Å². The van der Waals surface area contributed by atoms with Gasteiger partial charge in [0.1, 0.15) is 16.8 Å². The summed E-state index contributed by atoms with van der Waals surface area (Å²) in [5, 5.41) is 8.08. The van der Waals surface area contributed by atoms with Crippen molar-refractivity contribution in [3.8, 4) is 0 Å². The number of thiazole rings is 1. The molecule has 1 aliphatic heterocycles. The van der Waals surface area contributed by atoms with Gasteiger partial charge in [0, 0.05) is 30.8 Å². The first-order chi connectivity index (χ1) is 12.2. The molecule has 3 rings (SSSR count). The molecule has 0 saturated carbocycles. The maximum absolute atomic E-state index is 12.1. The molecule has 1 aliphatic rings. The van der Waals surface area contributed by atoms with Crippen molar-refractivity contribution in [1.82, 2.24) is 10.3 Å². The van der Waals surface area contributed by atoms with Crippen molar-refractivity contribution in [2.45, 2.75) is 32.0 Å². The molecule has 1 aromatic heterocycles. The van der Waals surface area contributed by atoms with Crippen LogP contribution in [0.5, 0.6) is 0 Å². The Kier molecular flexibility index (Phi) is 5.75. The molecule has 0 aliphatic carbocycles. The average molecular weight is 360 g/mol. The average Bonchev–Trinajstić information content (AvgIpc) is 3.31. The van der Waals surface area contributed by atoms with E-state index in [2.05, 4.69) is 15.6 Å². The van der Waals surface area contributed by atoms with Crippen molar-refractivity contribution in [2.24, 2.45) is 5.73 Å². The number of nitrogens with two attached hydrogens (primary N) is 1. The van der Waals surface area contributed by atoms with Crippen molar-refractivity contribution >= 4 is 28.8 Å². The first-order valence-corrected chi connectivity index (χ1v) is 8.98. The normalized spacial score (nSPS) is 16.6. The van der Waals surface area contributed by atoms with Gasteiger partial charge in [-0.3, -0.25) is 9.59 Å². The number of carbonyl (C=O) groups is 2. The Bertz CT molecular complexity index is 756. The maximum Gasteiger partial charge on any atom is 0.271 e. The second-order valence-electron chi connectivity index (χ2n) is 5.70. The fourth-order valence-corrected chi connectivity index (χ4v) is 3.20. The number of hydrogen-bond acceptors (Lipinski definition) is 6. The molecule has 1 aromatic carbocycles. The molecule has 1 unspecified atom stereocenters. The number of amides is 2. The quantitative estimate of drug-likeness (QED) is 0.726. The van der Waals surface area contributed by atoms with Crippen molar-refractivity contribution in [2.75, 3.05) is 11.9 Å². The maximum atomic E-state index is 12.1. The Hall–Kier alpha value is -2.29. The third-order valence-corrected chi connectivity index (χ3v) is 4.70. The highest BCUT2D eigenvalue weighted by molar-refractivity contribution is 7.09. The molecule has 25 heavy (non-hydrogen) atoms. The van der Waals surface area contributed by atoms with Crippen molar-refractivity contribution in [3.05, 3.63) is 45.9 Å². The zero-order chi connectivity index (χ0) is 17.6. The predicted octanol–water partition coefficient (Wildman–Crippen LogP) is 1.65. The molecular weight excluding hydrogens is 340 g/mol. The molecule has 7 nitrogen and oxygen atoms in total. The Balaban J connectivity index is 1.55. The molecule has 132 valence electrons. The molecule has 4 N–H and O–H groups in total. The Morgan fingerprint density at radius 3 is 3.00 bits per heavy atom. The summed E-state index contributed by atoms with van der Waals surface area (Å²) in [5.74, 6) is -0.375. The molecule has 2 aromatic rings. The lowest BCUT2D eigenvalue weighted by Gasteiger charge is -2.11. The lowest BCUT2D eigenvalue weighted by atomic mass is 10.2. The van der Waals surface area contributed by atoms with Gasteiger partial charge >= 0.3 is 0 Å². The molecule has 0 bridgehead atoms. The summed E-state index contributed by atoms with van der Waals surface area (Å²) >= 11 is 1.36. The highest BCUT2D eigenvalue weighted by Gasteiger charge is 2.23. The standard InChI is InChI=1S/C17H20N4O3S/c18-8-15-21-13(10-25-15)16(22)19-9-11-3-1-4-12(7-11)20-17(23)14-5-2-6-24-14/h1,3-4,7,10,14H,2,5-6,8-9,18H2,(H,19,22)(H,20,23). The molecular formula is C17H20N4O3S. The smallest absolute Gasteiger partial charge is 0.271 e. The van der Waals surface area contributed by atoms with Gasteiger partial charge in [0.2, 0.25) is 0 Å². The van der Waals surface area contributed by atoms with Gasteiger partial charge in [-0.15, -0.1) is 11.3 Å². The first-order valence-electron chi connectivity index (χ1n) is 8.10. The van der Waals surface area contributed by atoms with Crippen molar-refractivity contribution in [1.29, 1.82) is 0 Å². The molecule has 1 atom stereocenters. The SMILES string of the molecule is NCc1nc(C(=O)NCc2cccc(NC(=O)C3CCCO3)c2)cs1. The molecule has 0 radical (unpaired) electrons. The number of aromatic nitrogens is 1. The minimum absolute atomic E-state index is 0.129. The zero-order valence-electron chi connectivity index (χ0n) is 13.7. The number of anilines is 1. The fraction of sp³-hybridized carbons (Fsp3) is 0.353. The number of nitrogens with one attached hydrogen (secondary N) is 2. The van der Waals surface area contributed by atoms with Gasteiger partial charge < -0.3 is 21.1 Å². The molecule has 1 fully saturated rings. The summed E-state index contributed by atoms with van der Waals surface area (Å²) in [6.07, 6.45) is 1.29. The van der Waals surface area contributed by atoms with Crippen LogP contribution in [0.4, 0.5) is 5.69 Å². The predicted molar refractivity (Wildman–Crippen MR) is 95.2 cm³/mol. The van der Waals surface area contributed by atoms with Crippen LogP contribution in [0.3, 0.4) is 0 Å². The summed E-state index contributed by atoms with van der Waals surface area (Å²) in [4.78, 5) is 28.3. The van der Waals surface area contributed by atoms with Gasteiger partial charge in [0.25, 0.3) is 11.8 Å². The molecule has 2 amide bonds. The van der Waals surface area contributed by atoms with E-state index in [1.807, 2.05) is 24.3 Å². The Morgan fingerprint density at radius 1 is 1.40 bits per heavy atom. The highest BCUT2D eigenvalue weighted by Crippen LogP contribution is 2.16. The van der Waals surface area contributed by atoms with E-state index in [0.29, 0.717) is 31.1 Å². The Morgan fingerprint density at radius 2 is 2.28 bits per heavy atom. The van der Waals surface area contributed by atoms with E-state index in [9.17, 15) is 9.59 Å². The largest absolute Gasteiger partial charge is 0.368 e. The first kappa shape index (κ1) is 17.5. The highest BCUT2D eigenvalue weighted by atomic mass is 32.1. The monoisotopic (exact) mass is 360 g/mol. The van der Waals surface area contributed by atoms with E-state index in [1.54, 1.807) is 5.38 Å². The molecule has 1 saturated heterocycles. The third-order valence-electron chi connectivity index (χ3n) is 3.83. The van der Waals surface area contributed by atoms with Crippen LogP contribution in [-0.4, -0.2) is 29.5 Å². The summed E-state index contributed by atoms with van der Waals surface area (Å²) in [5.41, 5.74) is 7.44. The van der Waals surface area contributed by atoms with E-state index in [1.165, 1.54) is 11.3 Å². The summed E-state index contributed by atoms with van der Waals surface area (Å²) in [6, 6.07) is 7.36. The fourth-order valence-electron chi connectivity index (χ4n) is 2.55. The number of nitrogens with zero attached hydrogens (tertiary/aromatic N) is 1. The van der Waals surface area contributed by atoms with Gasteiger partial charge in [0.15, 0.2) is 0 Å². The summed E-state index contributed by atoms with van der Waals surface area (Å²) < 4.78 is 5.37. The van der Waals surface area contributed by atoms with E-state index in [-0.39, 0.29) is 17.9 Å². The second-order valence-corrected chi connectivity index (χ2v) is 6.65. The van der Waals surface area contributed by atoms with E-state index >= 15 is 0 Å². The van der Waals surface area contributed by atoms with Crippen LogP contribution in [0.25, 0.3) is 0 Å². The van der Waals surface area contributed by atoms with Gasteiger partial charge in [-0.2, -0.15) is 0 Å². The number of carbonyl (C=O) groups excluding carboxylic acids is 2. The van der Waals surface area contributed by atoms with Gasteiger partial charge in [-0.25, -0.2) is 4.98 Å². The van der Waals surface area contributed by atoms with Crippen LogP contribution in [0, 0.1) is 0 Å². The lowest BCUT2D eigenvalue weighted by molar-refractivity contribution is -0.124. The van der Waals surface area contributed by atoms with Crippen molar-refractivity contribution in [3.63, 3.8) is 0 Å². The number of benzene rings is 1. The van der Waals surface area contributed by atoms with E-state index in [4.69, 9.17) is 10.5 Å². The molecule has 8 heteroatoms. The molecule has 0 spiro atoms. The summed E-state index contributed by atoms with van der Waals surface area (Å²) in [7, 11) is 0. The van der Waals surface area contributed by atoms with Gasteiger partial charge in [-0.1, -0.05) is 12.1 Å². The van der Waals surface area contributed by atoms with Gasteiger partial charge in [0.05, 0.1) is 0 Å². The number of hydrogen-bond donors (Lipinski definition) is 3. The second kappa shape index (κ2) is 8.19. The van der Waals surface area contributed by atoms with Gasteiger partial charge in [-0.05, 0) is 30.5 Å². The number of rotatable bonds is 6. The zero-order valence-corrected chi connectivity index (χ0v) is 14.5. The lowest BCUT2D eigenvalue weighted by Crippen LogP contribution is -2.27. The van der Waals surface area contributed by atoms with E-state index < -0.39 is 0 Å². The van der Waals surface area contributed by atoms with Crippen LogP contribution >= 0.6 is 11.3 Å². The summed E-state index contributed by atoms with van der Waals surface area (Å²) in [6.45, 7) is 1.30. The molecule has 2 heterocycles. The minimum Gasteiger partial charge on any atom is -0.368 e. The number of ether oxygens (including phenoxy) is 1. The topological polar surface area (TPSA) is 106 Å². The Labute approximate surface area is 149 Å². The van der Waals surface area contributed by atoms with Crippen LogP contribution < -0.4 is 16.4 Å². The third kappa shape index (κ3) is 4.62. The van der Waals surface area contributed by atoms with Crippen LogP contribution in [0.2, 0.25) is 0 Å². The minimum atomic E-state index is -0.371. The van der Waals surface area contributed by atoms with Crippen LogP contribution in [0.15, 0.2) is 29.6 Å². The van der Waals surface area contributed by atoms with E-state index in [0.717, 1.165) is 23.4 Å². The van der Waals surface area contributed by atoms with Crippen molar-refractivity contribution < 1.29 is 14.3 Å².